The second kappa shape index (κ2) is 5.84. The van der Waals surface area contributed by atoms with Crippen molar-refractivity contribution in [2.75, 3.05) is 5.32 Å². The van der Waals surface area contributed by atoms with E-state index in [1.54, 1.807) is 0 Å². The van der Waals surface area contributed by atoms with E-state index in [0.717, 1.165) is 0 Å². The molecule has 3 nitrogen and oxygen atoms in total. The summed E-state index contributed by atoms with van der Waals surface area (Å²) in [4.78, 5) is 7.63. The molecule has 1 aliphatic rings. The summed E-state index contributed by atoms with van der Waals surface area (Å²) in [6.07, 6.45) is 10.9. The molecule has 112 valence electrons. The summed E-state index contributed by atoms with van der Waals surface area (Å²) in [6, 6.07) is 13.4. The van der Waals surface area contributed by atoms with Gasteiger partial charge in [-0.2, -0.15) is 0 Å². The minimum Gasteiger partial charge on any atom is -0.381 e. The highest BCUT2D eigenvalue weighted by Gasteiger charge is 2.23. The van der Waals surface area contributed by atoms with Crippen molar-refractivity contribution in [3.05, 3.63) is 60.6 Å². The molecule has 2 unspecified atom stereocenters. The number of aromatic amines is 1. The lowest BCUT2D eigenvalue weighted by Crippen LogP contribution is -2.26. The van der Waals surface area contributed by atoms with E-state index in [0.29, 0.717) is 12.0 Å². The summed E-state index contributed by atoms with van der Waals surface area (Å²) in [5, 5.41) is 5.03. The van der Waals surface area contributed by atoms with Gasteiger partial charge < -0.3 is 10.3 Å². The smallest absolute Gasteiger partial charge is 0.0689 e. The molecule has 0 amide bonds. The van der Waals surface area contributed by atoms with Crippen molar-refractivity contribution in [3.8, 4) is 0 Å². The Balaban J connectivity index is 1.52. The summed E-state index contributed by atoms with van der Waals surface area (Å²) < 4.78 is 0. The predicted molar refractivity (Wildman–Crippen MR) is 91.2 cm³/mol. The minimum atomic E-state index is 0.535. The zero-order chi connectivity index (χ0) is 14.8. The average Bonchev–Trinajstić information content (AvgIpc) is 3.06. The number of anilines is 1. The van der Waals surface area contributed by atoms with Crippen molar-refractivity contribution in [3.63, 3.8) is 0 Å². The third-order valence-corrected chi connectivity index (χ3v) is 4.78. The third kappa shape index (κ3) is 2.59. The Morgan fingerprint density at radius 1 is 1.09 bits per heavy atom. The van der Waals surface area contributed by atoms with Crippen LogP contribution in [0.2, 0.25) is 0 Å². The molecule has 0 radical (unpaired) electrons. The van der Waals surface area contributed by atoms with Crippen LogP contribution in [0, 0.1) is 0 Å². The molecule has 3 heteroatoms. The van der Waals surface area contributed by atoms with Crippen LogP contribution in [0.15, 0.2) is 55.0 Å². The largest absolute Gasteiger partial charge is 0.381 e. The Labute approximate surface area is 130 Å². The summed E-state index contributed by atoms with van der Waals surface area (Å²) in [5.74, 6) is 0.628. The molecule has 1 aliphatic carbocycles. The van der Waals surface area contributed by atoms with E-state index < -0.39 is 0 Å². The zero-order valence-corrected chi connectivity index (χ0v) is 12.6. The fourth-order valence-corrected chi connectivity index (χ4v) is 3.67. The van der Waals surface area contributed by atoms with E-state index in [9.17, 15) is 0 Å². The molecule has 0 aliphatic heterocycles. The van der Waals surface area contributed by atoms with E-state index in [1.165, 1.54) is 47.8 Å². The van der Waals surface area contributed by atoms with Crippen molar-refractivity contribution in [1.82, 2.24) is 9.97 Å². The fourth-order valence-electron chi connectivity index (χ4n) is 3.67. The van der Waals surface area contributed by atoms with E-state index in [4.69, 9.17) is 0 Å². The normalized spacial score (nSPS) is 21.8. The van der Waals surface area contributed by atoms with Gasteiger partial charge in [-0.3, -0.25) is 4.98 Å². The monoisotopic (exact) mass is 291 g/mol. The number of hydrogen-bond acceptors (Lipinski definition) is 2. The number of fused-ring (bicyclic) bond motifs is 1. The van der Waals surface area contributed by atoms with Crippen molar-refractivity contribution in [2.45, 2.75) is 37.6 Å². The van der Waals surface area contributed by atoms with Gasteiger partial charge in [0, 0.05) is 30.0 Å². The lowest BCUT2D eigenvalue weighted by Gasteiger charge is -2.30. The molecule has 1 aromatic carbocycles. The van der Waals surface area contributed by atoms with Gasteiger partial charge in [-0.1, -0.05) is 24.6 Å². The van der Waals surface area contributed by atoms with Crippen molar-refractivity contribution in [2.24, 2.45) is 0 Å². The number of H-pyrrole nitrogens is 1. The third-order valence-electron chi connectivity index (χ3n) is 4.78. The highest BCUT2D eigenvalue weighted by atomic mass is 14.9. The molecule has 2 aromatic heterocycles. The number of nitrogens with one attached hydrogen (secondary N) is 2. The second-order valence-electron chi connectivity index (χ2n) is 6.24. The van der Waals surface area contributed by atoms with Crippen LogP contribution in [0.4, 0.5) is 5.69 Å². The molecular weight excluding hydrogens is 270 g/mol. The summed E-state index contributed by atoms with van der Waals surface area (Å²) in [5.41, 5.74) is 3.82. The first kappa shape index (κ1) is 13.4. The maximum Gasteiger partial charge on any atom is 0.0689 e. The van der Waals surface area contributed by atoms with E-state index in [1.807, 2.05) is 24.7 Å². The number of hydrogen-bond donors (Lipinski definition) is 2. The summed E-state index contributed by atoms with van der Waals surface area (Å²) in [6.45, 7) is 0. The summed E-state index contributed by atoms with van der Waals surface area (Å²) in [7, 11) is 0. The van der Waals surface area contributed by atoms with Gasteiger partial charge in [0.1, 0.15) is 0 Å². The first-order chi connectivity index (χ1) is 10.9. The standard InChI is InChI=1S/C19H21N3/c1-5-15(16-6-3-10-20-13-16)12-17(7-1)22-18-8-2-4-14-9-11-21-19(14)18/h2-4,6,8-11,13,15,17,21-22H,1,5,7,12H2. The quantitative estimate of drug-likeness (QED) is 0.734. The Morgan fingerprint density at radius 3 is 3.00 bits per heavy atom. The number of rotatable bonds is 3. The number of aromatic nitrogens is 2. The predicted octanol–water partition coefficient (Wildman–Crippen LogP) is 4.70. The Hall–Kier alpha value is -2.29. The number of pyridine rings is 1. The van der Waals surface area contributed by atoms with E-state index in [2.05, 4.69) is 45.6 Å². The van der Waals surface area contributed by atoms with Gasteiger partial charge in [0.25, 0.3) is 0 Å². The van der Waals surface area contributed by atoms with E-state index >= 15 is 0 Å². The van der Waals surface area contributed by atoms with Gasteiger partial charge in [0.15, 0.2) is 0 Å². The SMILES string of the molecule is c1cncc(C2CCCC(Nc3cccc4cc[nH]c34)C2)c1. The molecule has 1 saturated carbocycles. The van der Waals surface area contributed by atoms with Crippen LogP contribution in [0.3, 0.4) is 0 Å². The van der Waals surface area contributed by atoms with Gasteiger partial charge in [-0.05, 0) is 48.9 Å². The lowest BCUT2D eigenvalue weighted by molar-refractivity contribution is 0.410. The fraction of sp³-hybridized carbons (Fsp3) is 0.316. The lowest BCUT2D eigenvalue weighted by atomic mass is 9.82. The minimum absolute atomic E-state index is 0.535. The highest BCUT2D eigenvalue weighted by Crippen LogP contribution is 2.34. The van der Waals surface area contributed by atoms with Gasteiger partial charge in [0.2, 0.25) is 0 Å². The second-order valence-corrected chi connectivity index (χ2v) is 6.24. The molecule has 22 heavy (non-hydrogen) atoms. The van der Waals surface area contributed by atoms with Crippen LogP contribution in [0.25, 0.3) is 10.9 Å². The molecule has 1 fully saturated rings. The summed E-state index contributed by atoms with van der Waals surface area (Å²) >= 11 is 0. The number of nitrogens with zero attached hydrogens (tertiary/aromatic N) is 1. The molecule has 2 heterocycles. The molecule has 0 saturated heterocycles. The van der Waals surface area contributed by atoms with E-state index in [-0.39, 0.29) is 0 Å². The van der Waals surface area contributed by atoms with Crippen molar-refractivity contribution in [1.29, 1.82) is 0 Å². The van der Waals surface area contributed by atoms with Crippen molar-refractivity contribution < 1.29 is 0 Å². The molecule has 2 atom stereocenters. The first-order valence-electron chi connectivity index (χ1n) is 8.13. The Kier molecular flexibility index (Phi) is 3.55. The maximum absolute atomic E-state index is 4.28. The molecule has 0 bridgehead atoms. The Morgan fingerprint density at radius 2 is 2.09 bits per heavy atom. The molecule has 0 spiro atoms. The van der Waals surface area contributed by atoms with Crippen LogP contribution >= 0.6 is 0 Å². The van der Waals surface area contributed by atoms with Crippen LogP contribution in [0.1, 0.15) is 37.2 Å². The average molecular weight is 291 g/mol. The molecular formula is C19H21N3. The Bertz CT molecular complexity index is 747. The topological polar surface area (TPSA) is 40.7 Å². The highest BCUT2D eigenvalue weighted by molar-refractivity contribution is 5.91. The van der Waals surface area contributed by atoms with Gasteiger partial charge in [-0.15, -0.1) is 0 Å². The first-order valence-corrected chi connectivity index (χ1v) is 8.13. The molecule has 4 rings (SSSR count). The zero-order valence-electron chi connectivity index (χ0n) is 12.6. The van der Waals surface area contributed by atoms with Crippen LogP contribution in [-0.2, 0) is 0 Å². The van der Waals surface area contributed by atoms with Crippen molar-refractivity contribution >= 4 is 16.6 Å². The number of para-hydroxylation sites is 1. The van der Waals surface area contributed by atoms with Crippen LogP contribution in [0.5, 0.6) is 0 Å². The van der Waals surface area contributed by atoms with Crippen LogP contribution < -0.4 is 5.32 Å². The van der Waals surface area contributed by atoms with Gasteiger partial charge >= 0.3 is 0 Å². The van der Waals surface area contributed by atoms with Gasteiger partial charge in [0.05, 0.1) is 11.2 Å². The van der Waals surface area contributed by atoms with Crippen LogP contribution in [-0.4, -0.2) is 16.0 Å². The molecule has 3 aromatic rings. The maximum atomic E-state index is 4.28. The molecule has 2 N–H and O–H groups in total. The number of benzene rings is 1. The van der Waals surface area contributed by atoms with Gasteiger partial charge in [-0.25, -0.2) is 0 Å².